The first-order valence-electron chi connectivity index (χ1n) is 5.21. The number of hydrogen-bond donors (Lipinski definition) is 0. The van der Waals surface area contributed by atoms with Gasteiger partial charge in [-0.3, -0.25) is 0 Å². The van der Waals surface area contributed by atoms with Crippen molar-refractivity contribution in [3.8, 4) is 11.5 Å². The number of rotatable bonds is 8. The fourth-order valence-corrected chi connectivity index (χ4v) is 8.43. The molecule has 0 N–H and O–H groups in total. The van der Waals surface area contributed by atoms with Gasteiger partial charge in [0.15, 0.2) is 0 Å². The molecule has 0 fully saturated rings. The van der Waals surface area contributed by atoms with Gasteiger partial charge in [0, 0.05) is 0 Å². The molecule has 20 heavy (non-hydrogen) atoms. The summed E-state index contributed by atoms with van der Waals surface area (Å²) in [5.41, 5.74) is 2.05. The van der Waals surface area contributed by atoms with Crippen LogP contribution in [0.1, 0.15) is 11.1 Å². The standard InChI is InChI=1S/C10H12As2Cl4O2S2/c1-17-9-3-8(6-20-12(15)16)10(18-2)4-7(9)5-19-11(13)14/h3-4H,5-6H2,1-2H3. The van der Waals surface area contributed by atoms with Crippen LogP contribution in [0.15, 0.2) is 12.1 Å². The molecule has 0 spiro atoms. The zero-order valence-corrected chi connectivity index (χ0v) is 19.0. The van der Waals surface area contributed by atoms with Crippen LogP contribution < -0.4 is 9.47 Å². The first kappa shape index (κ1) is 19.8. The van der Waals surface area contributed by atoms with Crippen molar-refractivity contribution in [2.24, 2.45) is 0 Å². The van der Waals surface area contributed by atoms with E-state index in [2.05, 4.69) is 0 Å². The molecule has 1 aromatic carbocycles. The molecule has 0 bridgehead atoms. The summed E-state index contributed by atoms with van der Waals surface area (Å²) in [5, 5.41) is 0. The van der Waals surface area contributed by atoms with E-state index in [-0.39, 0.29) is 0 Å². The van der Waals surface area contributed by atoms with Crippen LogP contribution in [0.25, 0.3) is 0 Å². The van der Waals surface area contributed by atoms with E-state index in [1.807, 2.05) is 12.1 Å². The fraction of sp³-hybridized carbons (Fsp3) is 0.400. The third-order valence-corrected chi connectivity index (χ3v) is 13.8. The predicted octanol–water partition coefficient (Wildman–Crippen LogP) is 5.10. The second-order valence-corrected chi connectivity index (χ2v) is 26.3. The van der Waals surface area contributed by atoms with Gasteiger partial charge in [0.1, 0.15) is 0 Å². The van der Waals surface area contributed by atoms with Crippen molar-refractivity contribution in [1.82, 2.24) is 0 Å². The van der Waals surface area contributed by atoms with Gasteiger partial charge in [-0.25, -0.2) is 0 Å². The van der Waals surface area contributed by atoms with Crippen LogP contribution in [0.4, 0.5) is 0 Å². The Labute approximate surface area is 151 Å². The van der Waals surface area contributed by atoms with E-state index in [4.69, 9.17) is 49.3 Å². The van der Waals surface area contributed by atoms with Gasteiger partial charge in [-0.15, -0.1) is 0 Å². The first-order valence-corrected chi connectivity index (χ1v) is 21.6. The number of ether oxygens (including phenoxy) is 2. The maximum absolute atomic E-state index is 5.89. The van der Waals surface area contributed by atoms with Gasteiger partial charge >= 0.3 is 153 Å². The summed E-state index contributed by atoms with van der Waals surface area (Å²) in [6.07, 6.45) is 0. The van der Waals surface area contributed by atoms with Crippen molar-refractivity contribution < 1.29 is 9.47 Å². The number of benzene rings is 1. The van der Waals surface area contributed by atoms with Gasteiger partial charge in [0.2, 0.25) is 0 Å². The quantitative estimate of drug-likeness (QED) is 0.445. The molecule has 1 aromatic rings. The SMILES string of the molecule is COc1cc(CS[As](Cl)Cl)c(OC)cc1CS[As](Cl)Cl. The van der Waals surface area contributed by atoms with E-state index in [9.17, 15) is 0 Å². The third-order valence-electron chi connectivity index (χ3n) is 2.32. The minimum absolute atomic E-state index is 0.711. The molecule has 0 saturated carbocycles. The Morgan fingerprint density at radius 3 is 1.45 bits per heavy atom. The fourth-order valence-electron chi connectivity index (χ4n) is 1.49. The molecule has 0 aliphatic carbocycles. The molecule has 0 atom stereocenters. The van der Waals surface area contributed by atoms with Gasteiger partial charge in [0.25, 0.3) is 0 Å². The minimum atomic E-state index is -1.77. The van der Waals surface area contributed by atoms with Crippen LogP contribution in [0.3, 0.4) is 0 Å². The molecule has 0 aliphatic heterocycles. The second-order valence-electron chi connectivity index (χ2n) is 3.43. The van der Waals surface area contributed by atoms with E-state index < -0.39 is 23.2 Å². The normalized spacial score (nSPS) is 11.2. The molecule has 0 amide bonds. The van der Waals surface area contributed by atoms with E-state index in [1.165, 1.54) is 0 Å². The van der Waals surface area contributed by atoms with Gasteiger partial charge < -0.3 is 0 Å². The molecule has 0 unspecified atom stereocenters. The van der Waals surface area contributed by atoms with Crippen LogP contribution >= 0.6 is 59.8 Å². The van der Waals surface area contributed by atoms with Crippen molar-refractivity contribution in [2.75, 3.05) is 14.2 Å². The van der Waals surface area contributed by atoms with Crippen molar-refractivity contribution in [1.29, 1.82) is 0 Å². The molecule has 0 saturated heterocycles. The van der Waals surface area contributed by atoms with Crippen LogP contribution in [0.5, 0.6) is 11.5 Å². The topological polar surface area (TPSA) is 18.5 Å². The Morgan fingerprint density at radius 2 is 1.20 bits per heavy atom. The molecule has 0 aliphatic rings. The van der Waals surface area contributed by atoms with Gasteiger partial charge in [-0.1, -0.05) is 0 Å². The molecule has 0 aromatic heterocycles. The molecular formula is C10H12As2Cl4O2S2. The molecule has 0 heterocycles. The molecule has 2 nitrogen and oxygen atoms in total. The van der Waals surface area contributed by atoms with Crippen molar-refractivity contribution in [3.63, 3.8) is 0 Å². The summed E-state index contributed by atoms with van der Waals surface area (Å²) >= 11 is -3.53. The summed E-state index contributed by atoms with van der Waals surface area (Å²) < 4.78 is 10.8. The average Bonchev–Trinajstić information content (AvgIpc) is 2.42. The van der Waals surface area contributed by atoms with Crippen molar-refractivity contribution in [3.05, 3.63) is 23.3 Å². The van der Waals surface area contributed by atoms with Crippen molar-refractivity contribution in [2.45, 2.75) is 11.5 Å². The monoisotopic (exact) mass is 518 g/mol. The maximum atomic E-state index is 5.89. The van der Waals surface area contributed by atoms with Crippen LogP contribution in [0.2, 0.25) is 0 Å². The Hall–Kier alpha value is 1.80. The Kier molecular flexibility index (Phi) is 10.5. The Morgan fingerprint density at radius 1 is 0.850 bits per heavy atom. The summed E-state index contributed by atoms with van der Waals surface area (Å²) in [6.45, 7) is 0. The predicted molar refractivity (Wildman–Crippen MR) is 97.1 cm³/mol. The zero-order chi connectivity index (χ0) is 15.1. The number of halogens is 4. The molecule has 114 valence electrons. The van der Waals surface area contributed by atoms with Crippen LogP contribution in [0, 0.1) is 0 Å². The first-order chi connectivity index (χ1) is 9.47. The van der Waals surface area contributed by atoms with E-state index >= 15 is 0 Å². The zero-order valence-electron chi connectivity index (χ0n) is 10.6. The Bertz CT molecular complexity index is 398. The van der Waals surface area contributed by atoms with Gasteiger partial charge in [-0.2, -0.15) is 0 Å². The van der Waals surface area contributed by atoms with E-state index in [1.54, 1.807) is 34.3 Å². The molecular weight excluding hydrogens is 508 g/mol. The van der Waals surface area contributed by atoms with Crippen LogP contribution in [-0.2, 0) is 11.5 Å². The van der Waals surface area contributed by atoms with Gasteiger partial charge in [-0.05, 0) is 0 Å². The van der Waals surface area contributed by atoms with Crippen LogP contribution in [-0.4, -0.2) is 37.4 Å². The average molecular weight is 520 g/mol. The molecule has 0 radical (unpaired) electrons. The third kappa shape index (κ3) is 6.92. The number of methoxy groups -OCH3 is 2. The molecule has 10 heteroatoms. The van der Waals surface area contributed by atoms with E-state index in [0.29, 0.717) is 11.5 Å². The second kappa shape index (κ2) is 10.5. The summed E-state index contributed by atoms with van der Waals surface area (Å²) in [4.78, 5) is 0. The summed E-state index contributed by atoms with van der Waals surface area (Å²) in [7, 11) is 30.0. The Balaban J connectivity index is 2.97. The molecule has 1 rings (SSSR count). The summed E-state index contributed by atoms with van der Waals surface area (Å²) in [6, 6.07) is 3.93. The van der Waals surface area contributed by atoms with Gasteiger partial charge in [0.05, 0.1) is 0 Å². The number of hydrogen-bond acceptors (Lipinski definition) is 4. The van der Waals surface area contributed by atoms with E-state index in [0.717, 1.165) is 22.6 Å². The van der Waals surface area contributed by atoms with Crippen molar-refractivity contribution >= 4 is 83.1 Å². The summed E-state index contributed by atoms with van der Waals surface area (Å²) in [5.74, 6) is 3.04.